The van der Waals surface area contributed by atoms with Crippen LogP contribution in [0, 0.1) is 6.92 Å². The summed E-state index contributed by atoms with van der Waals surface area (Å²) >= 11 is 1.64. The number of thiophene rings is 1. The second-order valence-electron chi connectivity index (χ2n) is 5.78. The Balaban J connectivity index is 1.98. The quantitative estimate of drug-likeness (QED) is 0.943. The lowest BCUT2D eigenvalue weighted by molar-refractivity contribution is -0.115. The Kier molecular flexibility index (Phi) is 4.18. The first-order chi connectivity index (χ1) is 9.34. The van der Waals surface area contributed by atoms with Gasteiger partial charge in [0.1, 0.15) is 5.82 Å². The minimum Gasteiger partial charge on any atom is -0.323 e. The van der Waals surface area contributed by atoms with E-state index in [9.17, 15) is 4.79 Å². The van der Waals surface area contributed by atoms with Gasteiger partial charge in [0.15, 0.2) is 0 Å². The van der Waals surface area contributed by atoms with Crippen LogP contribution in [-0.2, 0) is 16.6 Å². The lowest BCUT2D eigenvalue weighted by Crippen LogP contribution is -2.18. The van der Waals surface area contributed by atoms with Crippen LogP contribution < -0.4 is 5.32 Å². The third-order valence-electron chi connectivity index (χ3n) is 2.74. The third kappa shape index (κ3) is 3.87. The van der Waals surface area contributed by atoms with Gasteiger partial charge in [-0.3, -0.25) is 4.79 Å². The summed E-state index contributed by atoms with van der Waals surface area (Å²) in [5.41, 5.74) is 0.549. The standard InChI is InChI=1S/C15H19N3OS/c1-10-5-6-12(20-10)7-13(19)18-11-8-16-14(17-9-11)15(2,3)4/h5-6,8-9H,7H2,1-4H3,(H,18,19). The van der Waals surface area contributed by atoms with Crippen LogP contribution in [0.2, 0.25) is 0 Å². The second kappa shape index (κ2) is 5.71. The van der Waals surface area contributed by atoms with E-state index in [2.05, 4.69) is 36.1 Å². The van der Waals surface area contributed by atoms with Gasteiger partial charge in [0.2, 0.25) is 5.91 Å². The van der Waals surface area contributed by atoms with Crippen LogP contribution in [0.1, 0.15) is 36.3 Å². The van der Waals surface area contributed by atoms with Crippen LogP contribution in [0.5, 0.6) is 0 Å². The Morgan fingerprint density at radius 3 is 2.40 bits per heavy atom. The lowest BCUT2D eigenvalue weighted by atomic mass is 9.96. The predicted molar refractivity (Wildman–Crippen MR) is 82.1 cm³/mol. The number of amides is 1. The van der Waals surface area contributed by atoms with Crippen molar-refractivity contribution in [3.63, 3.8) is 0 Å². The van der Waals surface area contributed by atoms with Gasteiger partial charge in [-0.2, -0.15) is 0 Å². The van der Waals surface area contributed by atoms with Crippen molar-refractivity contribution < 1.29 is 4.79 Å². The summed E-state index contributed by atoms with van der Waals surface area (Å²) < 4.78 is 0. The van der Waals surface area contributed by atoms with E-state index in [4.69, 9.17) is 0 Å². The van der Waals surface area contributed by atoms with Crippen molar-refractivity contribution in [2.24, 2.45) is 0 Å². The van der Waals surface area contributed by atoms with E-state index in [-0.39, 0.29) is 11.3 Å². The molecule has 2 heterocycles. The van der Waals surface area contributed by atoms with Gasteiger partial charge in [-0.1, -0.05) is 20.8 Å². The molecule has 5 heteroatoms. The second-order valence-corrected chi connectivity index (χ2v) is 7.16. The van der Waals surface area contributed by atoms with E-state index >= 15 is 0 Å². The summed E-state index contributed by atoms with van der Waals surface area (Å²) in [4.78, 5) is 22.8. The Labute approximate surface area is 123 Å². The zero-order valence-corrected chi connectivity index (χ0v) is 13.0. The first-order valence-electron chi connectivity index (χ1n) is 6.52. The molecule has 0 fully saturated rings. The van der Waals surface area contributed by atoms with Crippen LogP contribution in [0.15, 0.2) is 24.5 Å². The number of nitrogens with one attached hydrogen (secondary N) is 1. The minimum atomic E-state index is -0.0863. The molecule has 2 rings (SSSR count). The normalized spacial score (nSPS) is 11.4. The van der Waals surface area contributed by atoms with Crippen LogP contribution >= 0.6 is 11.3 Å². The molecule has 0 aromatic carbocycles. The molecule has 2 aromatic heterocycles. The average Bonchev–Trinajstić information content (AvgIpc) is 2.74. The molecule has 20 heavy (non-hydrogen) atoms. The van der Waals surface area contributed by atoms with Crippen molar-refractivity contribution >= 4 is 22.9 Å². The SMILES string of the molecule is Cc1ccc(CC(=O)Nc2cnc(C(C)(C)C)nc2)s1. The van der Waals surface area contributed by atoms with Gasteiger partial charge in [-0.25, -0.2) is 9.97 Å². The van der Waals surface area contributed by atoms with Crippen LogP contribution in [0.25, 0.3) is 0 Å². The molecule has 0 atom stereocenters. The summed E-state index contributed by atoms with van der Waals surface area (Å²) in [6, 6.07) is 4.01. The first-order valence-corrected chi connectivity index (χ1v) is 7.34. The highest BCUT2D eigenvalue weighted by Crippen LogP contribution is 2.19. The summed E-state index contributed by atoms with van der Waals surface area (Å²) in [6.07, 6.45) is 3.70. The zero-order valence-electron chi connectivity index (χ0n) is 12.2. The fourth-order valence-corrected chi connectivity index (χ4v) is 2.61. The lowest BCUT2D eigenvalue weighted by Gasteiger charge is -2.16. The minimum absolute atomic E-state index is 0.0426. The molecule has 106 valence electrons. The van der Waals surface area contributed by atoms with Gasteiger partial charge < -0.3 is 5.32 Å². The molecule has 4 nitrogen and oxygen atoms in total. The average molecular weight is 289 g/mol. The molecule has 0 saturated heterocycles. The van der Waals surface area contributed by atoms with E-state index in [1.807, 2.05) is 19.1 Å². The van der Waals surface area contributed by atoms with E-state index in [1.165, 1.54) is 4.88 Å². The Hall–Kier alpha value is -1.75. The van der Waals surface area contributed by atoms with Gasteiger partial charge in [-0.15, -0.1) is 11.3 Å². The van der Waals surface area contributed by atoms with Crippen molar-refractivity contribution in [1.82, 2.24) is 9.97 Å². The summed E-state index contributed by atoms with van der Waals surface area (Å²) in [5.74, 6) is 0.725. The van der Waals surface area contributed by atoms with Gasteiger partial charge in [0.05, 0.1) is 24.5 Å². The molecule has 2 aromatic rings. The van der Waals surface area contributed by atoms with Gasteiger partial charge >= 0.3 is 0 Å². The highest BCUT2D eigenvalue weighted by atomic mass is 32.1. The van der Waals surface area contributed by atoms with Gasteiger partial charge in [0, 0.05) is 15.2 Å². The van der Waals surface area contributed by atoms with Crippen molar-refractivity contribution in [3.8, 4) is 0 Å². The maximum atomic E-state index is 11.9. The molecule has 0 radical (unpaired) electrons. The van der Waals surface area contributed by atoms with Crippen molar-refractivity contribution in [2.75, 3.05) is 5.32 Å². The van der Waals surface area contributed by atoms with Crippen LogP contribution in [0.4, 0.5) is 5.69 Å². The molecule has 0 unspecified atom stereocenters. The Morgan fingerprint density at radius 1 is 1.25 bits per heavy atom. The van der Waals surface area contributed by atoms with Crippen LogP contribution in [0.3, 0.4) is 0 Å². The smallest absolute Gasteiger partial charge is 0.229 e. The number of hydrogen-bond donors (Lipinski definition) is 1. The highest BCUT2D eigenvalue weighted by Gasteiger charge is 2.16. The molecule has 0 spiro atoms. The van der Waals surface area contributed by atoms with Crippen molar-refractivity contribution in [1.29, 1.82) is 0 Å². The summed E-state index contributed by atoms with van der Waals surface area (Å²) in [6.45, 7) is 8.20. The monoisotopic (exact) mass is 289 g/mol. The van der Waals surface area contributed by atoms with Gasteiger partial charge in [-0.05, 0) is 19.1 Å². The first kappa shape index (κ1) is 14.7. The molecule has 0 aliphatic heterocycles. The van der Waals surface area contributed by atoms with E-state index in [1.54, 1.807) is 23.7 Å². The van der Waals surface area contributed by atoms with Crippen molar-refractivity contribution in [2.45, 2.75) is 39.5 Å². The molecule has 0 saturated carbocycles. The number of rotatable bonds is 3. The maximum absolute atomic E-state index is 11.9. The van der Waals surface area contributed by atoms with Gasteiger partial charge in [0.25, 0.3) is 0 Å². The Bertz CT molecular complexity index is 596. The number of carbonyl (C=O) groups is 1. The number of anilines is 1. The van der Waals surface area contributed by atoms with Crippen LogP contribution in [-0.4, -0.2) is 15.9 Å². The topological polar surface area (TPSA) is 54.9 Å². The molecule has 0 bridgehead atoms. The molecule has 1 amide bonds. The Morgan fingerprint density at radius 2 is 1.90 bits per heavy atom. The largest absolute Gasteiger partial charge is 0.323 e. The molecular weight excluding hydrogens is 270 g/mol. The fourth-order valence-electron chi connectivity index (χ4n) is 1.72. The molecule has 0 aliphatic rings. The number of carbonyl (C=O) groups excluding carboxylic acids is 1. The maximum Gasteiger partial charge on any atom is 0.229 e. The predicted octanol–water partition coefficient (Wildman–Crippen LogP) is 3.33. The highest BCUT2D eigenvalue weighted by molar-refractivity contribution is 7.12. The number of hydrogen-bond acceptors (Lipinski definition) is 4. The zero-order chi connectivity index (χ0) is 14.8. The third-order valence-corrected chi connectivity index (χ3v) is 3.74. The molecular formula is C15H19N3OS. The summed E-state index contributed by atoms with van der Waals surface area (Å²) in [7, 11) is 0. The van der Waals surface area contributed by atoms with E-state index < -0.39 is 0 Å². The number of nitrogens with zero attached hydrogens (tertiary/aromatic N) is 2. The van der Waals surface area contributed by atoms with E-state index in [0.717, 1.165) is 10.7 Å². The number of aromatic nitrogens is 2. The molecule has 1 N–H and O–H groups in total. The number of aryl methyl sites for hydroxylation is 1. The fraction of sp³-hybridized carbons (Fsp3) is 0.400. The van der Waals surface area contributed by atoms with Crippen molar-refractivity contribution in [3.05, 3.63) is 40.1 Å². The van der Waals surface area contributed by atoms with E-state index in [0.29, 0.717) is 12.1 Å². The summed E-state index contributed by atoms with van der Waals surface area (Å²) in [5, 5.41) is 2.82. The molecule has 0 aliphatic carbocycles.